The molecule has 0 spiro atoms. The number of sulfonamides is 1. The first-order chi connectivity index (χ1) is 9.13. The van der Waals surface area contributed by atoms with Gasteiger partial charge in [-0.05, 0) is 44.7 Å². The van der Waals surface area contributed by atoms with Crippen LogP contribution >= 0.6 is 0 Å². The fraction of sp³-hybridized carbons (Fsp3) is 1.00. The van der Waals surface area contributed by atoms with Gasteiger partial charge in [0.2, 0.25) is 10.0 Å². The van der Waals surface area contributed by atoms with Gasteiger partial charge in [-0.15, -0.1) is 0 Å². The molecule has 2 fully saturated rings. The van der Waals surface area contributed by atoms with Gasteiger partial charge < -0.3 is 10.1 Å². The van der Waals surface area contributed by atoms with Gasteiger partial charge in [-0.25, -0.2) is 8.42 Å². The molecular weight excluding hydrogens is 264 g/mol. The molecule has 0 aliphatic carbocycles. The van der Waals surface area contributed by atoms with Crippen LogP contribution in [0.4, 0.5) is 0 Å². The van der Waals surface area contributed by atoms with Crippen LogP contribution in [0.2, 0.25) is 0 Å². The van der Waals surface area contributed by atoms with Crippen molar-refractivity contribution in [3.8, 4) is 0 Å². The fourth-order valence-corrected chi connectivity index (χ4v) is 4.81. The lowest BCUT2D eigenvalue weighted by Gasteiger charge is -2.34. The number of piperidine rings is 1. The Kier molecular flexibility index (Phi) is 5.62. The summed E-state index contributed by atoms with van der Waals surface area (Å²) in [6.07, 6.45) is 3.84. The molecule has 5 nitrogen and oxygen atoms in total. The summed E-state index contributed by atoms with van der Waals surface area (Å²) in [4.78, 5) is 0. The molecule has 6 heteroatoms. The molecule has 112 valence electrons. The lowest BCUT2D eigenvalue weighted by atomic mass is 9.96. The third-order valence-electron chi connectivity index (χ3n) is 4.24. The topological polar surface area (TPSA) is 58.6 Å². The van der Waals surface area contributed by atoms with Gasteiger partial charge in [0.1, 0.15) is 0 Å². The maximum atomic E-state index is 12.5. The largest absolute Gasteiger partial charge is 0.378 e. The maximum absolute atomic E-state index is 12.5. The number of ether oxygens (including phenoxy) is 1. The maximum Gasteiger partial charge on any atom is 0.214 e. The Balaban J connectivity index is 1.89. The summed E-state index contributed by atoms with van der Waals surface area (Å²) in [5, 5.41) is 3.32. The zero-order chi connectivity index (χ0) is 13.7. The van der Waals surface area contributed by atoms with E-state index in [1.165, 1.54) is 0 Å². The number of nitrogens with zero attached hydrogens (tertiary/aromatic N) is 1. The molecule has 2 rings (SSSR count). The molecule has 0 radical (unpaired) electrons. The van der Waals surface area contributed by atoms with Crippen molar-refractivity contribution >= 4 is 10.0 Å². The van der Waals surface area contributed by atoms with Crippen molar-refractivity contribution in [1.82, 2.24) is 9.62 Å². The smallest absolute Gasteiger partial charge is 0.214 e. The molecule has 2 heterocycles. The van der Waals surface area contributed by atoms with Crippen molar-refractivity contribution in [3.63, 3.8) is 0 Å². The van der Waals surface area contributed by atoms with E-state index in [0.717, 1.165) is 38.8 Å². The average Bonchev–Trinajstić information content (AvgIpc) is 2.46. The summed E-state index contributed by atoms with van der Waals surface area (Å²) in [7, 11) is -3.11. The van der Waals surface area contributed by atoms with Gasteiger partial charge in [-0.2, -0.15) is 4.31 Å². The second kappa shape index (κ2) is 7.02. The Morgan fingerprint density at radius 2 is 2.05 bits per heavy atom. The van der Waals surface area contributed by atoms with Crippen LogP contribution < -0.4 is 5.32 Å². The predicted molar refractivity (Wildman–Crippen MR) is 75.6 cm³/mol. The van der Waals surface area contributed by atoms with Crippen molar-refractivity contribution < 1.29 is 13.2 Å². The molecule has 0 saturated carbocycles. The number of morpholine rings is 1. The third-order valence-corrected chi connectivity index (χ3v) is 6.19. The van der Waals surface area contributed by atoms with E-state index in [1.807, 2.05) is 6.92 Å². The van der Waals surface area contributed by atoms with Crippen molar-refractivity contribution in [1.29, 1.82) is 0 Å². The standard InChI is InChI=1S/C13H26N2O3S/c1-2-13-11-18-9-8-15(13)19(16,17)10-5-12-3-6-14-7-4-12/h12-14H,2-11H2,1H3. The van der Waals surface area contributed by atoms with E-state index in [2.05, 4.69) is 5.32 Å². The van der Waals surface area contributed by atoms with Gasteiger partial charge in [0.05, 0.1) is 19.0 Å². The Morgan fingerprint density at radius 1 is 1.32 bits per heavy atom. The van der Waals surface area contributed by atoms with Crippen LogP contribution in [-0.2, 0) is 14.8 Å². The summed E-state index contributed by atoms with van der Waals surface area (Å²) in [5.41, 5.74) is 0. The van der Waals surface area contributed by atoms with Crippen LogP contribution in [0.5, 0.6) is 0 Å². The summed E-state index contributed by atoms with van der Waals surface area (Å²) in [6.45, 7) is 5.67. The van der Waals surface area contributed by atoms with Crippen molar-refractivity contribution in [3.05, 3.63) is 0 Å². The second-order valence-electron chi connectivity index (χ2n) is 5.55. The van der Waals surface area contributed by atoms with Crippen LogP contribution in [-0.4, -0.2) is 57.4 Å². The van der Waals surface area contributed by atoms with Crippen LogP contribution in [0.15, 0.2) is 0 Å². The molecule has 2 saturated heterocycles. The van der Waals surface area contributed by atoms with Crippen molar-refractivity contribution in [2.45, 2.75) is 38.6 Å². The lowest BCUT2D eigenvalue weighted by Crippen LogP contribution is -2.49. The highest BCUT2D eigenvalue weighted by atomic mass is 32.2. The normalized spacial score (nSPS) is 27.5. The molecule has 19 heavy (non-hydrogen) atoms. The van der Waals surface area contributed by atoms with E-state index in [1.54, 1.807) is 4.31 Å². The molecule has 0 aromatic carbocycles. The molecule has 1 N–H and O–H groups in total. The highest BCUT2D eigenvalue weighted by Gasteiger charge is 2.32. The van der Waals surface area contributed by atoms with Gasteiger partial charge in [-0.3, -0.25) is 0 Å². The van der Waals surface area contributed by atoms with Gasteiger partial charge >= 0.3 is 0 Å². The number of hydrogen-bond donors (Lipinski definition) is 1. The van der Waals surface area contributed by atoms with E-state index < -0.39 is 10.0 Å². The number of rotatable bonds is 5. The first-order valence-corrected chi connectivity index (χ1v) is 9.02. The van der Waals surface area contributed by atoms with Crippen molar-refractivity contribution in [2.75, 3.05) is 38.6 Å². The molecule has 1 unspecified atom stereocenters. The van der Waals surface area contributed by atoms with E-state index in [4.69, 9.17) is 4.74 Å². The first-order valence-electron chi connectivity index (χ1n) is 7.41. The second-order valence-corrected chi connectivity index (χ2v) is 7.59. The summed E-state index contributed by atoms with van der Waals surface area (Å²) in [5.74, 6) is 0.867. The first kappa shape index (κ1) is 15.2. The minimum Gasteiger partial charge on any atom is -0.378 e. The molecule has 1 atom stereocenters. The highest BCUT2D eigenvalue weighted by Crippen LogP contribution is 2.21. The van der Waals surface area contributed by atoms with Gasteiger partial charge in [0.15, 0.2) is 0 Å². The monoisotopic (exact) mass is 290 g/mol. The summed E-state index contributed by atoms with van der Waals surface area (Å²) in [6, 6.07) is 0.0340. The molecular formula is C13H26N2O3S. The summed E-state index contributed by atoms with van der Waals surface area (Å²) < 4.78 is 32.0. The van der Waals surface area contributed by atoms with E-state index in [-0.39, 0.29) is 6.04 Å². The van der Waals surface area contributed by atoms with Gasteiger partial charge in [-0.1, -0.05) is 6.92 Å². The van der Waals surface area contributed by atoms with E-state index in [9.17, 15) is 8.42 Å². The molecule has 0 aromatic rings. The molecule has 2 aliphatic rings. The molecule has 2 aliphatic heterocycles. The SMILES string of the molecule is CCC1COCCN1S(=O)(=O)CCC1CCNCC1. The fourth-order valence-electron chi connectivity index (χ4n) is 2.93. The third kappa shape index (κ3) is 4.15. The minimum atomic E-state index is -3.11. The lowest BCUT2D eigenvalue weighted by molar-refractivity contribution is 0.0313. The Hall–Kier alpha value is -0.170. The van der Waals surface area contributed by atoms with Crippen LogP contribution in [0.1, 0.15) is 32.6 Å². The number of hydrogen-bond acceptors (Lipinski definition) is 4. The highest BCUT2D eigenvalue weighted by molar-refractivity contribution is 7.89. The molecule has 0 bridgehead atoms. The van der Waals surface area contributed by atoms with Crippen molar-refractivity contribution in [2.24, 2.45) is 5.92 Å². The summed E-state index contributed by atoms with van der Waals surface area (Å²) >= 11 is 0. The van der Waals surface area contributed by atoms with Gasteiger partial charge in [0, 0.05) is 12.6 Å². The average molecular weight is 290 g/mol. The minimum absolute atomic E-state index is 0.0340. The van der Waals surface area contributed by atoms with Crippen LogP contribution in [0, 0.1) is 5.92 Å². The Bertz CT molecular complexity index is 366. The quantitative estimate of drug-likeness (QED) is 0.814. The van der Waals surface area contributed by atoms with Crippen LogP contribution in [0.25, 0.3) is 0 Å². The van der Waals surface area contributed by atoms with Crippen LogP contribution in [0.3, 0.4) is 0 Å². The Labute approximate surface area is 116 Å². The molecule has 0 aromatic heterocycles. The molecule has 0 amide bonds. The van der Waals surface area contributed by atoms with E-state index >= 15 is 0 Å². The van der Waals surface area contributed by atoms with Gasteiger partial charge in [0.25, 0.3) is 0 Å². The predicted octanol–water partition coefficient (Wildman–Crippen LogP) is 0.817. The zero-order valence-corrected chi connectivity index (χ0v) is 12.6. The Morgan fingerprint density at radius 3 is 2.74 bits per heavy atom. The van der Waals surface area contributed by atoms with E-state index in [0.29, 0.717) is 31.4 Å². The zero-order valence-electron chi connectivity index (χ0n) is 11.8. The number of nitrogens with one attached hydrogen (secondary N) is 1.